The number of carbonyl (C=O) groups is 1. The first-order valence-electron chi connectivity index (χ1n) is 14.2. The monoisotopic (exact) mass is 602 g/mol. The number of carbonyl (C=O) groups excluding carboxylic acids is 1. The number of rotatable bonds is 10. The van der Waals surface area contributed by atoms with Crippen LogP contribution in [0.1, 0.15) is 47.3 Å². The van der Waals surface area contributed by atoms with Gasteiger partial charge in [0.1, 0.15) is 18.5 Å². The van der Waals surface area contributed by atoms with Crippen molar-refractivity contribution >= 4 is 28.4 Å². The number of Topliss-reactive ketones (excluding diaryl/α,β-unsaturated/α-hetero) is 1. The third-order valence-electron chi connectivity index (χ3n) is 7.71. The molecule has 0 unspecified atom stereocenters. The van der Waals surface area contributed by atoms with Gasteiger partial charge in [0.25, 0.3) is 0 Å². The molecule has 5 aromatic rings. The Balaban J connectivity index is 1.09. The van der Waals surface area contributed by atoms with Gasteiger partial charge in [-0.05, 0) is 62.2 Å². The van der Waals surface area contributed by atoms with Crippen LogP contribution in [0.15, 0.2) is 67.1 Å². The normalized spacial score (nSPS) is 14.3. The van der Waals surface area contributed by atoms with Crippen LogP contribution in [0, 0.1) is 5.82 Å². The molecule has 0 aliphatic carbocycles. The molecule has 0 atom stereocenters. The summed E-state index contributed by atoms with van der Waals surface area (Å²) >= 11 is 5.82. The van der Waals surface area contributed by atoms with Crippen LogP contribution in [0.4, 0.5) is 4.39 Å². The minimum Gasteiger partial charge on any atom is -0.484 e. The molecule has 0 radical (unpaired) electrons. The molecule has 43 heavy (non-hydrogen) atoms. The molecule has 0 saturated carbocycles. The van der Waals surface area contributed by atoms with E-state index in [2.05, 4.69) is 19.4 Å². The van der Waals surface area contributed by atoms with Crippen LogP contribution >= 0.6 is 11.6 Å². The quantitative estimate of drug-likeness (QED) is 0.186. The lowest BCUT2D eigenvalue weighted by molar-refractivity contribution is 0.0910. The number of benzene rings is 2. The molecule has 1 saturated heterocycles. The summed E-state index contributed by atoms with van der Waals surface area (Å²) in [5, 5.41) is 0.316. The zero-order chi connectivity index (χ0) is 29.9. The van der Waals surface area contributed by atoms with E-state index < -0.39 is 5.82 Å². The first-order chi connectivity index (χ1) is 20.8. The smallest absolute Gasteiger partial charge is 0.213 e. The fourth-order valence-corrected chi connectivity index (χ4v) is 5.45. The van der Waals surface area contributed by atoms with Gasteiger partial charge in [-0.3, -0.25) is 9.69 Å². The highest BCUT2D eigenvalue weighted by molar-refractivity contribution is 6.30. The molecule has 9 nitrogen and oxygen atoms in total. The summed E-state index contributed by atoms with van der Waals surface area (Å²) in [6, 6.07) is 15.5. The number of ether oxygens (including phenoxy) is 2. The van der Waals surface area contributed by atoms with Crippen molar-refractivity contribution in [3.8, 4) is 11.6 Å². The molecule has 0 spiro atoms. The van der Waals surface area contributed by atoms with Gasteiger partial charge < -0.3 is 18.6 Å². The van der Waals surface area contributed by atoms with Crippen LogP contribution in [0.2, 0.25) is 5.02 Å². The van der Waals surface area contributed by atoms with E-state index >= 15 is 0 Å². The summed E-state index contributed by atoms with van der Waals surface area (Å²) < 4.78 is 30.1. The van der Waals surface area contributed by atoms with Gasteiger partial charge in [-0.15, -0.1) is 0 Å². The third kappa shape index (κ3) is 6.71. The topological polar surface area (TPSA) is 87.3 Å². The van der Waals surface area contributed by atoms with Crippen molar-refractivity contribution in [1.29, 1.82) is 0 Å². The van der Waals surface area contributed by atoms with Crippen molar-refractivity contribution in [1.82, 2.24) is 29.0 Å². The van der Waals surface area contributed by atoms with Gasteiger partial charge in [-0.1, -0.05) is 17.7 Å². The molecule has 0 N–H and O–H groups in total. The van der Waals surface area contributed by atoms with Gasteiger partial charge in [0.2, 0.25) is 5.88 Å². The number of fused-ring (bicyclic) bond motifs is 1. The highest BCUT2D eigenvalue weighted by Crippen LogP contribution is 2.25. The van der Waals surface area contributed by atoms with Crippen LogP contribution in [0.3, 0.4) is 0 Å². The molecule has 0 bridgehead atoms. The molecule has 0 amide bonds. The van der Waals surface area contributed by atoms with Gasteiger partial charge >= 0.3 is 0 Å². The van der Waals surface area contributed by atoms with E-state index in [1.807, 2.05) is 54.2 Å². The van der Waals surface area contributed by atoms with E-state index in [0.29, 0.717) is 35.2 Å². The summed E-state index contributed by atoms with van der Waals surface area (Å²) in [6.45, 7) is 4.68. The average Bonchev–Trinajstić information content (AvgIpc) is 3.55. The molecule has 1 aliphatic rings. The number of halogens is 2. The van der Waals surface area contributed by atoms with Gasteiger partial charge in [0.05, 0.1) is 41.8 Å². The Bertz CT molecular complexity index is 1760. The van der Waals surface area contributed by atoms with E-state index in [4.69, 9.17) is 26.1 Å². The average molecular weight is 603 g/mol. The number of pyridine rings is 1. The molecular formula is C32H32ClFN6O3. The van der Waals surface area contributed by atoms with Crippen molar-refractivity contribution in [3.63, 3.8) is 0 Å². The first-order valence-corrected chi connectivity index (χ1v) is 14.6. The van der Waals surface area contributed by atoms with Crippen LogP contribution in [-0.4, -0.2) is 54.0 Å². The second-order valence-electron chi connectivity index (χ2n) is 10.8. The van der Waals surface area contributed by atoms with E-state index in [1.165, 1.54) is 12.1 Å². The lowest BCUT2D eigenvalue weighted by atomic mass is 10.1. The molecular weight excluding hydrogens is 571 g/mol. The lowest BCUT2D eigenvalue weighted by Gasteiger charge is -2.31. The maximum Gasteiger partial charge on any atom is 0.213 e. The molecule has 2 aromatic carbocycles. The summed E-state index contributed by atoms with van der Waals surface area (Å²) in [6.07, 6.45) is 5.36. The summed E-state index contributed by atoms with van der Waals surface area (Å²) in [5.74, 6) is 1.11. The van der Waals surface area contributed by atoms with Crippen molar-refractivity contribution in [2.75, 3.05) is 13.1 Å². The Labute approximate surface area is 253 Å². The minimum absolute atomic E-state index is 0.0278. The number of ketones is 1. The van der Waals surface area contributed by atoms with Gasteiger partial charge in [-0.2, -0.15) is 0 Å². The molecule has 3 aromatic heterocycles. The van der Waals surface area contributed by atoms with E-state index in [9.17, 15) is 9.18 Å². The number of aromatic nitrogens is 5. The van der Waals surface area contributed by atoms with Crippen LogP contribution in [0.25, 0.3) is 11.0 Å². The maximum absolute atomic E-state index is 14.1. The Morgan fingerprint density at radius 3 is 2.65 bits per heavy atom. The van der Waals surface area contributed by atoms with Gasteiger partial charge in [-0.25, -0.2) is 19.3 Å². The van der Waals surface area contributed by atoms with Gasteiger partial charge in [0.15, 0.2) is 17.3 Å². The predicted molar refractivity (Wildman–Crippen MR) is 161 cm³/mol. The van der Waals surface area contributed by atoms with Gasteiger partial charge in [0, 0.05) is 43.0 Å². The largest absolute Gasteiger partial charge is 0.484 e. The second kappa shape index (κ2) is 12.5. The summed E-state index contributed by atoms with van der Waals surface area (Å²) in [4.78, 5) is 28.3. The molecule has 4 heterocycles. The SMILES string of the molecule is CC(=O)c1ccc2nc(CN3CCC(Oc4cccc(COc5ccc(Cl)cc5F)n4)CC3)n(Cc3cncn3C)c2c1. The first kappa shape index (κ1) is 28.8. The molecule has 11 heteroatoms. The number of aryl methyl sites for hydroxylation is 1. The Kier molecular flexibility index (Phi) is 8.40. The fraction of sp³-hybridized carbons (Fsp3) is 0.312. The number of hydrogen-bond acceptors (Lipinski definition) is 7. The van der Waals surface area contributed by atoms with E-state index in [1.54, 1.807) is 19.3 Å². The number of piperidine rings is 1. The highest BCUT2D eigenvalue weighted by atomic mass is 35.5. The maximum atomic E-state index is 14.1. The van der Waals surface area contributed by atoms with E-state index in [-0.39, 0.29) is 24.2 Å². The number of imidazole rings is 2. The fourth-order valence-electron chi connectivity index (χ4n) is 5.29. The molecule has 222 valence electrons. The third-order valence-corrected chi connectivity index (χ3v) is 7.94. The standard InChI is InChI=1S/C32H32ClFN6O3/c1-21(41)22-6-8-28-29(14-22)40(17-25-16-35-20-38(25)2)31(37-28)18-39-12-10-26(11-13-39)43-32-5-3-4-24(36-32)19-42-30-9-7-23(33)15-27(30)34/h3-9,14-16,20,26H,10-13,17-19H2,1-2H3. The number of hydrogen-bond donors (Lipinski definition) is 0. The lowest BCUT2D eigenvalue weighted by Crippen LogP contribution is -2.38. The summed E-state index contributed by atoms with van der Waals surface area (Å²) in [7, 11) is 1.98. The zero-order valence-corrected chi connectivity index (χ0v) is 24.8. The minimum atomic E-state index is -0.514. The second-order valence-corrected chi connectivity index (χ2v) is 11.2. The van der Waals surface area contributed by atoms with Crippen molar-refractivity contribution in [2.24, 2.45) is 7.05 Å². The Morgan fingerprint density at radius 2 is 1.91 bits per heavy atom. The van der Waals surface area contributed by atoms with Crippen LogP contribution < -0.4 is 9.47 Å². The molecule has 1 fully saturated rings. The number of likely N-dealkylation sites (tertiary alicyclic amines) is 1. The van der Waals surface area contributed by atoms with Crippen molar-refractivity contribution in [2.45, 2.75) is 45.6 Å². The highest BCUT2D eigenvalue weighted by Gasteiger charge is 2.24. The molecule has 6 rings (SSSR count). The predicted octanol–water partition coefficient (Wildman–Crippen LogP) is 5.83. The number of nitrogens with zero attached hydrogens (tertiary/aromatic N) is 6. The van der Waals surface area contributed by atoms with Crippen molar-refractivity contribution < 1.29 is 18.7 Å². The zero-order valence-electron chi connectivity index (χ0n) is 24.0. The van der Waals surface area contributed by atoms with Crippen molar-refractivity contribution in [3.05, 3.63) is 101 Å². The Hall–Kier alpha value is -4.28. The molecule has 1 aliphatic heterocycles. The Morgan fingerprint density at radius 1 is 1.07 bits per heavy atom. The van der Waals surface area contributed by atoms with Crippen LogP contribution in [0.5, 0.6) is 11.6 Å². The van der Waals surface area contributed by atoms with Crippen LogP contribution in [-0.2, 0) is 26.7 Å². The summed E-state index contributed by atoms with van der Waals surface area (Å²) in [5.41, 5.74) is 4.18. The van der Waals surface area contributed by atoms with E-state index in [0.717, 1.165) is 48.5 Å².